The van der Waals surface area contributed by atoms with Gasteiger partial charge in [-0.25, -0.2) is 0 Å². The van der Waals surface area contributed by atoms with E-state index in [9.17, 15) is 0 Å². The van der Waals surface area contributed by atoms with Gasteiger partial charge in [-0.3, -0.25) is 0 Å². The molecule has 0 spiro atoms. The van der Waals surface area contributed by atoms with Gasteiger partial charge in [0.2, 0.25) is 0 Å². The number of para-hydroxylation sites is 1. The lowest BCUT2D eigenvalue weighted by Crippen LogP contribution is -2.10. The molecule has 1 heterocycles. The van der Waals surface area contributed by atoms with E-state index in [-0.39, 0.29) is 0 Å². The van der Waals surface area contributed by atoms with Gasteiger partial charge in [0, 0.05) is 22.1 Å². The van der Waals surface area contributed by atoms with Crippen molar-refractivity contribution >= 4 is 50.6 Å². The fourth-order valence-corrected chi connectivity index (χ4v) is 4.02. The molecule has 0 saturated heterocycles. The number of rotatable bonds is 3. The Kier molecular flexibility index (Phi) is 4.30. The third kappa shape index (κ3) is 3.06. The van der Waals surface area contributed by atoms with E-state index in [4.69, 9.17) is 16.0 Å². The quantitative estimate of drug-likeness (QED) is 0.304. The van der Waals surface area contributed by atoms with Crippen LogP contribution in [0.5, 0.6) is 0 Å². The van der Waals surface area contributed by atoms with Gasteiger partial charge in [-0.2, -0.15) is 0 Å². The van der Waals surface area contributed by atoms with Crippen molar-refractivity contribution in [3.63, 3.8) is 0 Å². The second kappa shape index (κ2) is 6.98. The van der Waals surface area contributed by atoms with E-state index in [1.54, 1.807) is 0 Å². The molecule has 2 nitrogen and oxygen atoms in total. The molecule has 0 unspecified atom stereocenters. The maximum absolute atomic E-state index is 6.61. The molecule has 29 heavy (non-hydrogen) atoms. The molecule has 0 amide bonds. The van der Waals surface area contributed by atoms with Gasteiger partial charge in [0.1, 0.15) is 5.58 Å². The Morgan fingerprint density at radius 2 is 1.28 bits per heavy atom. The largest absolute Gasteiger partial charge is 0.454 e. The minimum atomic E-state index is 0.696. The molecule has 0 aliphatic carbocycles. The van der Waals surface area contributed by atoms with Crippen LogP contribution in [0.2, 0.25) is 5.02 Å². The first-order valence-corrected chi connectivity index (χ1v) is 10.0. The highest BCUT2D eigenvalue weighted by Gasteiger charge is 2.20. The Morgan fingerprint density at radius 3 is 1.90 bits per heavy atom. The summed E-state index contributed by atoms with van der Waals surface area (Å²) in [4.78, 5) is 2.22. The van der Waals surface area contributed by atoms with Crippen molar-refractivity contribution in [1.29, 1.82) is 0 Å². The summed E-state index contributed by atoms with van der Waals surface area (Å²) in [6, 6.07) is 29.1. The maximum Gasteiger partial charge on any atom is 0.160 e. The molecule has 0 radical (unpaired) electrons. The van der Waals surface area contributed by atoms with Crippen molar-refractivity contribution in [1.82, 2.24) is 0 Å². The van der Waals surface area contributed by atoms with Crippen molar-refractivity contribution in [2.45, 2.75) is 13.8 Å². The van der Waals surface area contributed by atoms with Crippen molar-refractivity contribution in [3.8, 4) is 0 Å². The first kappa shape index (κ1) is 17.8. The van der Waals surface area contributed by atoms with Crippen LogP contribution >= 0.6 is 11.6 Å². The number of nitrogens with zero attached hydrogens (tertiary/aromatic N) is 1. The number of fused-ring (bicyclic) bond motifs is 3. The second-order valence-electron chi connectivity index (χ2n) is 7.38. The number of anilines is 3. The van der Waals surface area contributed by atoms with Crippen LogP contribution in [0, 0.1) is 13.8 Å². The maximum atomic E-state index is 6.61. The molecule has 0 bridgehead atoms. The molecular weight excluding hydrogens is 378 g/mol. The first-order valence-electron chi connectivity index (χ1n) is 9.65. The Balaban J connectivity index is 1.82. The summed E-state index contributed by atoms with van der Waals surface area (Å²) in [6.45, 7) is 4.19. The summed E-state index contributed by atoms with van der Waals surface area (Å²) in [6.07, 6.45) is 0. The number of benzene rings is 4. The monoisotopic (exact) mass is 397 g/mol. The third-order valence-corrected chi connectivity index (χ3v) is 5.59. The molecule has 0 N–H and O–H groups in total. The fraction of sp³-hybridized carbons (Fsp3) is 0.0769. The van der Waals surface area contributed by atoms with E-state index in [0.717, 1.165) is 39.0 Å². The van der Waals surface area contributed by atoms with Gasteiger partial charge in [-0.1, -0.05) is 65.2 Å². The molecule has 0 saturated carbocycles. The third-order valence-electron chi connectivity index (χ3n) is 5.28. The SMILES string of the molecule is Cc1ccc(N(c2ccc(C)cc2)c2ccc(Cl)c3c2oc2ccccc23)cc1. The molecule has 0 atom stereocenters. The van der Waals surface area contributed by atoms with E-state index in [2.05, 4.69) is 73.3 Å². The van der Waals surface area contributed by atoms with Gasteiger partial charge in [-0.05, 0) is 56.3 Å². The highest BCUT2D eigenvalue weighted by Crippen LogP contribution is 2.44. The van der Waals surface area contributed by atoms with Crippen LogP contribution in [0.15, 0.2) is 89.3 Å². The fourth-order valence-electron chi connectivity index (χ4n) is 3.77. The smallest absolute Gasteiger partial charge is 0.160 e. The van der Waals surface area contributed by atoms with Crippen molar-refractivity contribution in [3.05, 3.63) is 101 Å². The van der Waals surface area contributed by atoms with Gasteiger partial charge in [0.15, 0.2) is 5.58 Å². The molecule has 1 aromatic heterocycles. The number of hydrogen-bond donors (Lipinski definition) is 0. The van der Waals surface area contributed by atoms with E-state index in [0.29, 0.717) is 5.02 Å². The number of aryl methyl sites for hydroxylation is 2. The van der Waals surface area contributed by atoms with E-state index in [1.165, 1.54) is 11.1 Å². The normalized spacial score (nSPS) is 11.3. The van der Waals surface area contributed by atoms with Gasteiger partial charge >= 0.3 is 0 Å². The van der Waals surface area contributed by atoms with Crippen molar-refractivity contribution in [2.24, 2.45) is 0 Å². The molecule has 5 rings (SSSR count). The number of hydrogen-bond acceptors (Lipinski definition) is 2. The number of halogens is 1. The van der Waals surface area contributed by atoms with E-state index < -0.39 is 0 Å². The predicted molar refractivity (Wildman–Crippen MR) is 123 cm³/mol. The summed E-state index contributed by atoms with van der Waals surface area (Å²) in [5.41, 5.74) is 7.19. The van der Waals surface area contributed by atoms with Crippen LogP contribution in [0.1, 0.15) is 11.1 Å². The molecule has 0 aliphatic rings. The Bertz CT molecular complexity index is 1270. The van der Waals surface area contributed by atoms with Gasteiger partial charge in [-0.15, -0.1) is 0 Å². The first-order chi connectivity index (χ1) is 14.1. The molecule has 5 aromatic rings. The van der Waals surface area contributed by atoms with Crippen LogP contribution in [0.25, 0.3) is 21.9 Å². The summed E-state index contributed by atoms with van der Waals surface area (Å²) < 4.78 is 6.31. The average Bonchev–Trinajstić information content (AvgIpc) is 3.13. The van der Waals surface area contributed by atoms with Crippen LogP contribution in [0.3, 0.4) is 0 Å². The molecule has 3 heteroatoms. The Hall–Kier alpha value is -3.23. The summed E-state index contributed by atoms with van der Waals surface area (Å²) in [5, 5.41) is 2.67. The lowest BCUT2D eigenvalue weighted by molar-refractivity contribution is 0.669. The molecule has 4 aromatic carbocycles. The van der Waals surface area contributed by atoms with Crippen molar-refractivity contribution in [2.75, 3.05) is 4.90 Å². The van der Waals surface area contributed by atoms with E-state index in [1.807, 2.05) is 30.3 Å². The highest BCUT2D eigenvalue weighted by molar-refractivity contribution is 6.38. The Morgan fingerprint density at radius 1 is 0.690 bits per heavy atom. The summed E-state index contributed by atoms with van der Waals surface area (Å²) in [5.74, 6) is 0. The van der Waals surface area contributed by atoms with Crippen molar-refractivity contribution < 1.29 is 4.42 Å². The Labute approximate surface area is 174 Å². The lowest BCUT2D eigenvalue weighted by Gasteiger charge is -2.26. The van der Waals surface area contributed by atoms with Crippen LogP contribution < -0.4 is 4.90 Å². The minimum absolute atomic E-state index is 0.696. The summed E-state index contributed by atoms with van der Waals surface area (Å²) in [7, 11) is 0. The average molecular weight is 398 g/mol. The van der Waals surface area contributed by atoms with Gasteiger partial charge in [0.05, 0.1) is 10.7 Å². The zero-order valence-corrected chi connectivity index (χ0v) is 17.1. The highest BCUT2D eigenvalue weighted by atomic mass is 35.5. The lowest BCUT2D eigenvalue weighted by atomic mass is 10.1. The molecule has 142 valence electrons. The standard InChI is InChI=1S/C26H20ClNO/c1-17-7-11-19(12-8-17)28(20-13-9-18(2)10-14-20)23-16-15-22(27)25-21-5-3-4-6-24(21)29-26(23)25/h3-16H,1-2H3. The van der Waals surface area contributed by atoms with E-state index >= 15 is 0 Å². The van der Waals surface area contributed by atoms with Crippen LogP contribution in [-0.2, 0) is 0 Å². The minimum Gasteiger partial charge on any atom is -0.454 e. The number of furan rings is 1. The summed E-state index contributed by atoms with van der Waals surface area (Å²) >= 11 is 6.61. The van der Waals surface area contributed by atoms with Gasteiger partial charge < -0.3 is 9.32 Å². The predicted octanol–water partition coefficient (Wildman–Crippen LogP) is 8.33. The van der Waals surface area contributed by atoms with Gasteiger partial charge in [0.25, 0.3) is 0 Å². The zero-order valence-electron chi connectivity index (χ0n) is 16.3. The second-order valence-corrected chi connectivity index (χ2v) is 7.78. The zero-order chi connectivity index (χ0) is 20.0. The molecular formula is C26H20ClNO. The molecule has 0 aliphatic heterocycles. The molecule has 0 fully saturated rings. The van der Waals surface area contributed by atoms with Crippen LogP contribution in [0.4, 0.5) is 17.1 Å². The van der Waals surface area contributed by atoms with Crippen LogP contribution in [-0.4, -0.2) is 0 Å². The topological polar surface area (TPSA) is 16.4 Å².